The molecule has 3 nitrogen and oxygen atoms in total. The number of likely N-dealkylation sites (N-methyl/N-ethyl adjacent to an activating group) is 1. The van der Waals surface area contributed by atoms with Gasteiger partial charge in [0.15, 0.2) is 5.11 Å². The predicted molar refractivity (Wildman–Crippen MR) is 101 cm³/mol. The molecule has 3 rings (SSSR count). The van der Waals surface area contributed by atoms with Gasteiger partial charge in [0.05, 0.1) is 6.04 Å². The van der Waals surface area contributed by atoms with Crippen molar-refractivity contribution in [2.75, 3.05) is 20.6 Å². The molecule has 1 aromatic carbocycles. The maximum atomic E-state index is 14.2. The third kappa shape index (κ3) is 3.84. The molecule has 0 heterocycles. The second kappa shape index (κ2) is 7.54. The monoisotopic (exact) mass is 369 g/mol. The Labute approximate surface area is 153 Å². The maximum Gasteiger partial charge on any atom is 0.166 e. The highest BCUT2D eigenvalue weighted by Gasteiger charge is 2.39. The zero-order chi connectivity index (χ0) is 17.3. The van der Waals surface area contributed by atoms with Crippen molar-refractivity contribution in [2.24, 2.45) is 11.8 Å². The number of fused-ring (bicyclic) bond motifs is 2. The van der Waals surface area contributed by atoms with Crippen LogP contribution < -0.4 is 10.6 Å². The molecule has 24 heavy (non-hydrogen) atoms. The van der Waals surface area contributed by atoms with Gasteiger partial charge in [0, 0.05) is 23.2 Å². The van der Waals surface area contributed by atoms with E-state index in [2.05, 4.69) is 10.6 Å². The number of nitrogens with zero attached hydrogens (tertiary/aromatic N) is 1. The molecule has 4 atom stereocenters. The standard InChI is InChI=1S/C18H25ClFN3S/c1-23(2)16(17-13(19)4-3-5-14(17)20)10-21-18(24)22-15-9-11-6-7-12(15)8-11/h3-5,11-12,15-16H,6-10H2,1-2H3,(H2,21,22,24)/t11-,12-,15+,16-/m0/s1. The highest BCUT2D eigenvalue weighted by Crippen LogP contribution is 2.44. The van der Waals surface area contributed by atoms with E-state index in [9.17, 15) is 4.39 Å². The Bertz CT molecular complexity index is 590. The molecule has 2 N–H and O–H groups in total. The van der Waals surface area contributed by atoms with E-state index in [1.165, 1.54) is 31.7 Å². The molecular formula is C18H25ClFN3S. The minimum atomic E-state index is -0.282. The minimum absolute atomic E-state index is 0.182. The lowest BCUT2D eigenvalue weighted by Crippen LogP contribution is -2.46. The maximum absolute atomic E-state index is 14.2. The van der Waals surface area contributed by atoms with Gasteiger partial charge < -0.3 is 15.5 Å². The lowest BCUT2D eigenvalue weighted by molar-refractivity contribution is 0.290. The van der Waals surface area contributed by atoms with Crippen LogP contribution in [0.5, 0.6) is 0 Å². The van der Waals surface area contributed by atoms with E-state index >= 15 is 0 Å². The highest BCUT2D eigenvalue weighted by atomic mass is 35.5. The van der Waals surface area contributed by atoms with Crippen LogP contribution in [0.15, 0.2) is 18.2 Å². The van der Waals surface area contributed by atoms with Crippen LogP contribution in [0.25, 0.3) is 0 Å². The lowest BCUT2D eigenvalue weighted by Gasteiger charge is -2.29. The Balaban J connectivity index is 1.59. The van der Waals surface area contributed by atoms with Gasteiger partial charge in [-0.25, -0.2) is 4.39 Å². The van der Waals surface area contributed by atoms with Crippen LogP contribution in [0.2, 0.25) is 5.02 Å². The van der Waals surface area contributed by atoms with E-state index < -0.39 is 0 Å². The Morgan fingerprint density at radius 2 is 2.17 bits per heavy atom. The number of nitrogens with one attached hydrogen (secondary N) is 2. The van der Waals surface area contributed by atoms with Crippen LogP contribution in [0.4, 0.5) is 4.39 Å². The Morgan fingerprint density at radius 1 is 1.38 bits per heavy atom. The highest BCUT2D eigenvalue weighted by molar-refractivity contribution is 7.80. The van der Waals surface area contributed by atoms with Gasteiger partial charge in [-0.2, -0.15) is 0 Å². The normalized spacial score (nSPS) is 26.6. The number of thiocarbonyl (C=S) groups is 1. The van der Waals surface area contributed by atoms with Crippen LogP contribution >= 0.6 is 23.8 Å². The first-order valence-electron chi connectivity index (χ1n) is 8.60. The molecule has 0 unspecified atom stereocenters. The van der Waals surface area contributed by atoms with Crippen molar-refractivity contribution in [1.82, 2.24) is 15.5 Å². The summed E-state index contributed by atoms with van der Waals surface area (Å²) in [5.74, 6) is 1.36. The Hall–Kier alpha value is -0.910. The van der Waals surface area contributed by atoms with Gasteiger partial charge in [0.1, 0.15) is 5.82 Å². The number of hydrogen-bond donors (Lipinski definition) is 2. The number of halogens is 2. The van der Waals surface area contributed by atoms with Crippen molar-refractivity contribution >= 4 is 28.9 Å². The predicted octanol–water partition coefficient (Wildman–Crippen LogP) is 3.73. The second-order valence-electron chi connectivity index (χ2n) is 7.25. The molecule has 0 spiro atoms. The first kappa shape index (κ1) is 17.9. The minimum Gasteiger partial charge on any atom is -0.361 e. The summed E-state index contributed by atoms with van der Waals surface area (Å²) < 4.78 is 14.2. The molecule has 0 aliphatic heterocycles. The van der Waals surface area contributed by atoms with Crippen LogP contribution in [0, 0.1) is 17.7 Å². The van der Waals surface area contributed by atoms with Crippen molar-refractivity contribution in [3.05, 3.63) is 34.6 Å². The molecule has 0 aromatic heterocycles. The molecule has 2 aliphatic rings. The van der Waals surface area contributed by atoms with Gasteiger partial charge in [0.25, 0.3) is 0 Å². The van der Waals surface area contributed by atoms with E-state index in [1.807, 2.05) is 19.0 Å². The molecule has 2 fully saturated rings. The first-order chi connectivity index (χ1) is 11.5. The second-order valence-corrected chi connectivity index (χ2v) is 8.07. The third-order valence-electron chi connectivity index (χ3n) is 5.47. The largest absolute Gasteiger partial charge is 0.361 e. The number of benzene rings is 1. The Kier molecular flexibility index (Phi) is 5.63. The van der Waals surface area contributed by atoms with Gasteiger partial charge >= 0.3 is 0 Å². The lowest BCUT2D eigenvalue weighted by atomic mass is 9.95. The quantitative estimate of drug-likeness (QED) is 0.773. The molecule has 0 amide bonds. The zero-order valence-corrected chi connectivity index (χ0v) is 15.8. The van der Waals surface area contributed by atoms with Gasteiger partial charge in [-0.1, -0.05) is 24.1 Å². The summed E-state index contributed by atoms with van der Waals surface area (Å²) in [7, 11) is 3.84. The fourth-order valence-corrected chi connectivity index (χ4v) is 4.73. The van der Waals surface area contributed by atoms with Gasteiger partial charge in [0.2, 0.25) is 0 Å². The molecule has 6 heteroatoms. The molecule has 2 aliphatic carbocycles. The van der Waals surface area contributed by atoms with E-state index in [0.717, 1.165) is 11.8 Å². The van der Waals surface area contributed by atoms with Crippen molar-refractivity contribution in [2.45, 2.75) is 37.8 Å². The molecule has 2 saturated carbocycles. The van der Waals surface area contributed by atoms with E-state index in [1.54, 1.807) is 12.1 Å². The topological polar surface area (TPSA) is 27.3 Å². The van der Waals surface area contributed by atoms with Crippen molar-refractivity contribution in [1.29, 1.82) is 0 Å². The first-order valence-corrected chi connectivity index (χ1v) is 9.39. The van der Waals surface area contributed by atoms with Crippen molar-refractivity contribution < 1.29 is 4.39 Å². The summed E-state index contributed by atoms with van der Waals surface area (Å²) in [4.78, 5) is 1.96. The van der Waals surface area contributed by atoms with Crippen molar-refractivity contribution in [3.8, 4) is 0 Å². The summed E-state index contributed by atoms with van der Waals surface area (Å²) in [5.41, 5.74) is 0.513. The summed E-state index contributed by atoms with van der Waals surface area (Å²) in [6.07, 6.45) is 5.25. The Morgan fingerprint density at radius 3 is 2.75 bits per heavy atom. The van der Waals surface area contributed by atoms with Gasteiger partial charge in [-0.15, -0.1) is 0 Å². The fraction of sp³-hybridized carbons (Fsp3) is 0.611. The van der Waals surface area contributed by atoms with Crippen LogP contribution in [0.3, 0.4) is 0 Å². The number of rotatable bonds is 5. The SMILES string of the molecule is CN(C)[C@@H](CNC(=S)N[C@@H]1C[C@H]2CC[C@H]1C2)c1c(F)cccc1Cl. The number of hydrogen-bond acceptors (Lipinski definition) is 2. The molecule has 0 radical (unpaired) electrons. The molecule has 0 saturated heterocycles. The summed E-state index contributed by atoms with van der Waals surface area (Å²) in [6.45, 7) is 0.514. The van der Waals surface area contributed by atoms with Crippen LogP contribution in [0.1, 0.15) is 37.3 Å². The molecule has 132 valence electrons. The molecule has 2 bridgehead atoms. The fourth-order valence-electron chi connectivity index (χ4n) is 4.20. The van der Waals surface area contributed by atoms with Crippen LogP contribution in [-0.4, -0.2) is 36.7 Å². The third-order valence-corrected chi connectivity index (χ3v) is 6.06. The summed E-state index contributed by atoms with van der Waals surface area (Å²) in [5, 5.41) is 7.82. The summed E-state index contributed by atoms with van der Waals surface area (Å²) >= 11 is 11.7. The molecule has 1 aromatic rings. The van der Waals surface area contributed by atoms with Crippen LogP contribution in [-0.2, 0) is 0 Å². The van der Waals surface area contributed by atoms with E-state index in [0.29, 0.717) is 28.3 Å². The molecular weight excluding hydrogens is 345 g/mol. The zero-order valence-electron chi connectivity index (χ0n) is 14.2. The average Bonchev–Trinajstić information content (AvgIpc) is 3.12. The van der Waals surface area contributed by atoms with Crippen molar-refractivity contribution in [3.63, 3.8) is 0 Å². The smallest absolute Gasteiger partial charge is 0.166 e. The van der Waals surface area contributed by atoms with Gasteiger partial charge in [-0.3, -0.25) is 0 Å². The average molecular weight is 370 g/mol. The summed E-state index contributed by atoms with van der Waals surface area (Å²) in [6, 6.07) is 5.12. The van der Waals surface area contributed by atoms with E-state index in [4.69, 9.17) is 23.8 Å². The van der Waals surface area contributed by atoms with Gasteiger partial charge in [-0.05, 0) is 69.5 Å². The van der Waals surface area contributed by atoms with E-state index in [-0.39, 0.29) is 11.9 Å².